The number of sulfonamides is 1. The standard InChI is InChI=1S/C18H25NO6S/c1-4-26(22,23)19-11-9-15(10-12-19)18(21)25-13(2)17(20)14-5-7-16(24-3)8-6-14/h5-8,13,15H,4,9-12H2,1-3H3. The first-order valence-electron chi connectivity index (χ1n) is 8.65. The van der Waals surface area contributed by atoms with E-state index in [0.717, 1.165) is 0 Å². The quantitative estimate of drug-likeness (QED) is 0.527. The molecule has 0 radical (unpaired) electrons. The monoisotopic (exact) mass is 383 g/mol. The van der Waals surface area contributed by atoms with Crippen LogP contribution in [0.4, 0.5) is 0 Å². The molecule has 1 aromatic rings. The second-order valence-corrected chi connectivity index (χ2v) is 8.50. The maximum Gasteiger partial charge on any atom is 0.309 e. The molecule has 7 nitrogen and oxygen atoms in total. The van der Waals surface area contributed by atoms with Crippen LogP contribution in [0.15, 0.2) is 24.3 Å². The Labute approximate surface area is 154 Å². The van der Waals surface area contributed by atoms with Gasteiger partial charge < -0.3 is 9.47 Å². The van der Waals surface area contributed by atoms with Crippen molar-refractivity contribution in [2.75, 3.05) is 26.0 Å². The number of nitrogens with zero attached hydrogens (tertiary/aromatic N) is 1. The molecule has 0 N–H and O–H groups in total. The number of benzene rings is 1. The number of ketones is 1. The van der Waals surface area contributed by atoms with Crippen molar-refractivity contribution in [3.63, 3.8) is 0 Å². The molecule has 1 aromatic carbocycles. The molecule has 0 amide bonds. The van der Waals surface area contributed by atoms with E-state index in [2.05, 4.69) is 0 Å². The molecule has 0 aromatic heterocycles. The van der Waals surface area contributed by atoms with Crippen LogP contribution >= 0.6 is 0 Å². The van der Waals surface area contributed by atoms with E-state index in [-0.39, 0.29) is 17.5 Å². The lowest BCUT2D eigenvalue weighted by atomic mass is 9.98. The van der Waals surface area contributed by atoms with Crippen LogP contribution in [-0.2, 0) is 19.6 Å². The van der Waals surface area contributed by atoms with Gasteiger partial charge in [-0.1, -0.05) is 0 Å². The van der Waals surface area contributed by atoms with Crippen LogP contribution in [0.1, 0.15) is 37.0 Å². The summed E-state index contributed by atoms with van der Waals surface area (Å²) >= 11 is 0. The number of esters is 1. The predicted octanol–water partition coefficient (Wildman–Crippen LogP) is 1.87. The average molecular weight is 383 g/mol. The number of ether oxygens (including phenoxy) is 2. The molecular weight excluding hydrogens is 358 g/mol. The fraction of sp³-hybridized carbons (Fsp3) is 0.556. The number of rotatable bonds is 7. The van der Waals surface area contributed by atoms with E-state index in [1.165, 1.54) is 11.4 Å². The Morgan fingerprint density at radius 1 is 1.19 bits per heavy atom. The van der Waals surface area contributed by atoms with Crippen molar-refractivity contribution in [3.8, 4) is 5.75 Å². The molecule has 1 atom stereocenters. The summed E-state index contributed by atoms with van der Waals surface area (Å²) in [4.78, 5) is 24.7. The zero-order chi connectivity index (χ0) is 19.3. The van der Waals surface area contributed by atoms with Gasteiger partial charge in [0.05, 0.1) is 18.8 Å². The third kappa shape index (κ3) is 4.82. The molecule has 1 unspecified atom stereocenters. The molecule has 0 saturated carbocycles. The summed E-state index contributed by atoms with van der Waals surface area (Å²) in [5.74, 6) is -0.431. The highest BCUT2D eigenvalue weighted by Gasteiger charge is 2.32. The van der Waals surface area contributed by atoms with Crippen molar-refractivity contribution >= 4 is 21.8 Å². The average Bonchev–Trinajstić information content (AvgIpc) is 2.67. The van der Waals surface area contributed by atoms with E-state index in [9.17, 15) is 18.0 Å². The Bertz CT molecular complexity index is 735. The molecule has 1 heterocycles. The lowest BCUT2D eigenvalue weighted by molar-refractivity contribution is -0.152. The van der Waals surface area contributed by atoms with Crippen molar-refractivity contribution in [1.29, 1.82) is 0 Å². The van der Waals surface area contributed by atoms with Crippen LogP contribution in [0.3, 0.4) is 0 Å². The smallest absolute Gasteiger partial charge is 0.309 e. The van der Waals surface area contributed by atoms with Crippen LogP contribution in [0.2, 0.25) is 0 Å². The lowest BCUT2D eigenvalue weighted by Gasteiger charge is -2.30. The number of carbonyl (C=O) groups is 2. The van der Waals surface area contributed by atoms with Gasteiger partial charge in [0.25, 0.3) is 0 Å². The molecule has 2 rings (SSSR count). The van der Waals surface area contributed by atoms with E-state index >= 15 is 0 Å². The summed E-state index contributed by atoms with van der Waals surface area (Å²) in [7, 11) is -1.69. The highest BCUT2D eigenvalue weighted by atomic mass is 32.2. The number of methoxy groups -OCH3 is 1. The minimum Gasteiger partial charge on any atom is -0.497 e. The van der Waals surface area contributed by atoms with Gasteiger partial charge in [-0.3, -0.25) is 9.59 Å². The first-order chi connectivity index (χ1) is 12.3. The Morgan fingerprint density at radius 2 is 1.77 bits per heavy atom. The fourth-order valence-electron chi connectivity index (χ4n) is 2.87. The number of piperidine rings is 1. The third-order valence-corrected chi connectivity index (χ3v) is 6.46. The maximum atomic E-state index is 12.4. The number of hydrogen-bond acceptors (Lipinski definition) is 6. The minimum atomic E-state index is -3.23. The molecule has 0 bridgehead atoms. The van der Waals surface area contributed by atoms with Crippen LogP contribution < -0.4 is 4.74 Å². The number of Topliss-reactive ketones (excluding diaryl/α,β-unsaturated/α-hetero) is 1. The minimum absolute atomic E-state index is 0.0511. The second-order valence-electron chi connectivity index (χ2n) is 6.25. The summed E-state index contributed by atoms with van der Waals surface area (Å²) in [6.07, 6.45) is -0.0865. The molecule has 0 aliphatic carbocycles. The molecule has 1 saturated heterocycles. The highest BCUT2D eigenvalue weighted by molar-refractivity contribution is 7.89. The lowest BCUT2D eigenvalue weighted by Crippen LogP contribution is -2.42. The van der Waals surface area contributed by atoms with Crippen LogP contribution in [0.5, 0.6) is 5.75 Å². The van der Waals surface area contributed by atoms with Crippen molar-refractivity contribution in [3.05, 3.63) is 29.8 Å². The summed E-state index contributed by atoms with van der Waals surface area (Å²) in [5, 5.41) is 0. The molecule has 8 heteroatoms. The van der Waals surface area contributed by atoms with Gasteiger partial charge in [-0.15, -0.1) is 0 Å². The van der Waals surface area contributed by atoms with E-state index in [0.29, 0.717) is 37.2 Å². The first kappa shape index (κ1) is 20.4. The SMILES string of the molecule is CCS(=O)(=O)N1CCC(C(=O)OC(C)C(=O)c2ccc(OC)cc2)CC1. The zero-order valence-electron chi connectivity index (χ0n) is 15.3. The van der Waals surface area contributed by atoms with E-state index in [1.54, 1.807) is 38.1 Å². The molecule has 144 valence electrons. The zero-order valence-corrected chi connectivity index (χ0v) is 16.1. The molecule has 1 aliphatic heterocycles. The predicted molar refractivity (Wildman–Crippen MR) is 96.6 cm³/mol. The Hall–Kier alpha value is -1.93. The van der Waals surface area contributed by atoms with Crippen molar-refractivity contribution in [2.24, 2.45) is 5.92 Å². The van der Waals surface area contributed by atoms with E-state index in [4.69, 9.17) is 9.47 Å². The molecule has 26 heavy (non-hydrogen) atoms. The van der Waals surface area contributed by atoms with Gasteiger partial charge in [0.1, 0.15) is 5.75 Å². The van der Waals surface area contributed by atoms with Gasteiger partial charge >= 0.3 is 5.97 Å². The summed E-state index contributed by atoms with van der Waals surface area (Å²) in [5.41, 5.74) is 0.440. The Kier molecular flexibility index (Phi) is 6.77. The van der Waals surface area contributed by atoms with Gasteiger partial charge in [-0.2, -0.15) is 0 Å². The van der Waals surface area contributed by atoms with Gasteiger partial charge in [0.2, 0.25) is 15.8 Å². The van der Waals surface area contributed by atoms with E-state index in [1.807, 2.05) is 0 Å². The van der Waals surface area contributed by atoms with Crippen molar-refractivity contribution in [2.45, 2.75) is 32.8 Å². The van der Waals surface area contributed by atoms with Crippen molar-refractivity contribution < 1.29 is 27.5 Å². The van der Waals surface area contributed by atoms with Gasteiger partial charge in [0.15, 0.2) is 6.10 Å². The molecular formula is C18H25NO6S. The van der Waals surface area contributed by atoms with Gasteiger partial charge in [-0.25, -0.2) is 12.7 Å². The van der Waals surface area contributed by atoms with Gasteiger partial charge in [0, 0.05) is 18.7 Å². The van der Waals surface area contributed by atoms with Crippen LogP contribution in [-0.4, -0.2) is 56.5 Å². The number of hydrogen-bond donors (Lipinski definition) is 0. The maximum absolute atomic E-state index is 12.4. The number of carbonyl (C=O) groups excluding carboxylic acids is 2. The summed E-state index contributed by atoms with van der Waals surface area (Å²) < 4.78 is 35.5. The second kappa shape index (κ2) is 8.64. The molecule has 1 fully saturated rings. The largest absolute Gasteiger partial charge is 0.497 e. The fourth-order valence-corrected chi connectivity index (χ4v) is 4.00. The summed E-state index contributed by atoms with van der Waals surface area (Å²) in [6, 6.07) is 6.59. The van der Waals surface area contributed by atoms with Crippen LogP contribution in [0.25, 0.3) is 0 Å². The van der Waals surface area contributed by atoms with E-state index < -0.39 is 22.1 Å². The normalized spacial score (nSPS) is 17.5. The Balaban J connectivity index is 1.90. The van der Waals surface area contributed by atoms with Crippen molar-refractivity contribution in [1.82, 2.24) is 4.31 Å². The highest BCUT2D eigenvalue weighted by Crippen LogP contribution is 2.22. The van der Waals surface area contributed by atoms with Crippen LogP contribution in [0, 0.1) is 5.92 Å². The molecule has 0 spiro atoms. The topological polar surface area (TPSA) is 90.0 Å². The Morgan fingerprint density at radius 3 is 2.27 bits per heavy atom. The van der Waals surface area contributed by atoms with Gasteiger partial charge in [-0.05, 0) is 51.0 Å². The molecule has 1 aliphatic rings. The third-order valence-electron chi connectivity index (χ3n) is 4.58. The summed E-state index contributed by atoms with van der Waals surface area (Å²) in [6.45, 7) is 3.75. The first-order valence-corrected chi connectivity index (χ1v) is 10.3.